The first-order valence-corrected chi connectivity index (χ1v) is 6.82. The fourth-order valence-electron chi connectivity index (χ4n) is 1.48. The molecule has 0 fully saturated rings. The summed E-state index contributed by atoms with van der Waals surface area (Å²) in [5, 5.41) is 4.33. The molecule has 1 atom stereocenters. The summed E-state index contributed by atoms with van der Waals surface area (Å²) in [6.07, 6.45) is 5.81. The predicted octanol–water partition coefficient (Wildman–Crippen LogP) is 1.99. The van der Waals surface area contributed by atoms with E-state index in [1.54, 1.807) is 18.1 Å². The van der Waals surface area contributed by atoms with Crippen molar-refractivity contribution in [3.8, 4) is 0 Å². The molecule has 0 aliphatic carbocycles. The summed E-state index contributed by atoms with van der Waals surface area (Å²) in [5.41, 5.74) is 5.56. The second-order valence-electron chi connectivity index (χ2n) is 3.68. The molecule has 0 amide bonds. The van der Waals surface area contributed by atoms with E-state index in [0.717, 1.165) is 36.8 Å². The van der Waals surface area contributed by atoms with Crippen LogP contribution >= 0.6 is 11.8 Å². The number of rotatable bonds is 7. The second kappa shape index (κ2) is 7.46. The Morgan fingerprint density at radius 3 is 2.94 bits per heavy atom. The van der Waals surface area contributed by atoms with E-state index in [1.807, 2.05) is 12.3 Å². The van der Waals surface area contributed by atoms with Crippen LogP contribution in [0.25, 0.3) is 0 Å². The summed E-state index contributed by atoms with van der Waals surface area (Å²) in [5.74, 6) is 1.52. The van der Waals surface area contributed by atoms with Crippen molar-refractivity contribution in [3.05, 3.63) is 12.4 Å². The maximum atomic E-state index is 5.56. The van der Waals surface area contributed by atoms with E-state index in [2.05, 4.69) is 22.2 Å². The van der Waals surface area contributed by atoms with Gasteiger partial charge in [0.2, 0.25) is 0 Å². The van der Waals surface area contributed by atoms with Gasteiger partial charge in [-0.05, 0) is 25.1 Å². The van der Waals surface area contributed by atoms with E-state index in [0.29, 0.717) is 5.92 Å². The van der Waals surface area contributed by atoms with Crippen LogP contribution in [-0.2, 0) is 0 Å². The summed E-state index contributed by atoms with van der Waals surface area (Å²) in [4.78, 5) is 8.32. The normalized spacial score (nSPS) is 12.4. The third-order valence-corrected chi connectivity index (χ3v) is 3.22. The third kappa shape index (κ3) is 4.37. The van der Waals surface area contributed by atoms with Crippen molar-refractivity contribution < 1.29 is 0 Å². The number of hydrogen-bond acceptors (Lipinski definition) is 5. The monoisotopic (exact) mass is 240 g/mol. The van der Waals surface area contributed by atoms with E-state index in [9.17, 15) is 0 Å². The van der Waals surface area contributed by atoms with Crippen LogP contribution in [0.3, 0.4) is 0 Å². The van der Waals surface area contributed by atoms with Crippen LogP contribution < -0.4 is 11.1 Å². The lowest BCUT2D eigenvalue weighted by atomic mass is 10.0. The van der Waals surface area contributed by atoms with Gasteiger partial charge in [0.1, 0.15) is 17.2 Å². The molecule has 0 radical (unpaired) electrons. The van der Waals surface area contributed by atoms with Gasteiger partial charge >= 0.3 is 0 Å². The molecule has 16 heavy (non-hydrogen) atoms. The molecule has 1 aromatic rings. The number of hydrogen-bond donors (Lipinski definition) is 2. The molecular weight excluding hydrogens is 220 g/mol. The van der Waals surface area contributed by atoms with Crippen LogP contribution in [0.2, 0.25) is 0 Å². The minimum Gasteiger partial charge on any atom is -0.370 e. The van der Waals surface area contributed by atoms with Crippen LogP contribution in [0.4, 0.5) is 5.82 Å². The Hall–Kier alpha value is -0.810. The number of anilines is 1. The van der Waals surface area contributed by atoms with Crippen molar-refractivity contribution in [2.75, 3.05) is 24.7 Å². The highest BCUT2D eigenvalue weighted by molar-refractivity contribution is 7.98. The standard InChI is InChI=1S/C11H20N4S/c1-3-9(4-5-12)7-13-10-6-11(16-2)15-8-14-10/h6,8-9H,3-5,7,12H2,1-2H3,(H,13,14,15). The smallest absolute Gasteiger partial charge is 0.130 e. The molecule has 5 heteroatoms. The molecule has 4 nitrogen and oxygen atoms in total. The molecule has 0 aliphatic heterocycles. The van der Waals surface area contributed by atoms with Crippen molar-refractivity contribution in [1.29, 1.82) is 0 Å². The highest BCUT2D eigenvalue weighted by Crippen LogP contribution is 2.15. The van der Waals surface area contributed by atoms with Gasteiger partial charge in [0, 0.05) is 12.6 Å². The number of aromatic nitrogens is 2. The Bertz CT molecular complexity index is 306. The summed E-state index contributed by atoms with van der Waals surface area (Å²) < 4.78 is 0. The van der Waals surface area contributed by atoms with E-state index < -0.39 is 0 Å². The number of nitrogens with two attached hydrogens (primary N) is 1. The van der Waals surface area contributed by atoms with Gasteiger partial charge in [-0.3, -0.25) is 0 Å². The Balaban J connectivity index is 2.46. The Morgan fingerprint density at radius 1 is 1.50 bits per heavy atom. The maximum absolute atomic E-state index is 5.56. The van der Waals surface area contributed by atoms with Crippen LogP contribution in [0.15, 0.2) is 17.4 Å². The van der Waals surface area contributed by atoms with Crippen molar-refractivity contribution in [1.82, 2.24) is 9.97 Å². The molecule has 1 aromatic heterocycles. The molecule has 0 saturated heterocycles. The molecule has 0 bridgehead atoms. The van der Waals surface area contributed by atoms with Crippen molar-refractivity contribution >= 4 is 17.6 Å². The van der Waals surface area contributed by atoms with E-state index in [-0.39, 0.29) is 0 Å². The molecule has 0 saturated carbocycles. The Labute approximate surface area is 101 Å². The number of nitrogens with one attached hydrogen (secondary N) is 1. The molecule has 1 rings (SSSR count). The minimum absolute atomic E-state index is 0.623. The molecule has 1 unspecified atom stereocenters. The van der Waals surface area contributed by atoms with Gasteiger partial charge in [0.15, 0.2) is 0 Å². The molecule has 1 heterocycles. The van der Waals surface area contributed by atoms with Gasteiger partial charge in [-0.2, -0.15) is 0 Å². The first kappa shape index (κ1) is 13.3. The second-order valence-corrected chi connectivity index (χ2v) is 4.50. The van der Waals surface area contributed by atoms with E-state index in [1.165, 1.54) is 0 Å². The van der Waals surface area contributed by atoms with Gasteiger partial charge in [-0.15, -0.1) is 11.8 Å². The Kier molecular flexibility index (Phi) is 6.18. The van der Waals surface area contributed by atoms with Crippen molar-refractivity contribution in [2.24, 2.45) is 11.7 Å². The first-order valence-electron chi connectivity index (χ1n) is 5.60. The molecule has 90 valence electrons. The van der Waals surface area contributed by atoms with Gasteiger partial charge in [-0.25, -0.2) is 9.97 Å². The highest BCUT2D eigenvalue weighted by Gasteiger charge is 2.05. The third-order valence-electron chi connectivity index (χ3n) is 2.58. The zero-order chi connectivity index (χ0) is 11.8. The lowest BCUT2D eigenvalue weighted by molar-refractivity contribution is 0.501. The maximum Gasteiger partial charge on any atom is 0.130 e. The number of thioether (sulfide) groups is 1. The SMILES string of the molecule is CCC(CCN)CNc1cc(SC)ncn1. The fourth-order valence-corrected chi connectivity index (χ4v) is 1.86. The quantitative estimate of drug-likeness (QED) is 0.563. The molecule has 0 aromatic carbocycles. The van der Waals surface area contributed by atoms with Gasteiger partial charge in [0.05, 0.1) is 0 Å². The van der Waals surface area contributed by atoms with Gasteiger partial charge in [-0.1, -0.05) is 13.3 Å². The average Bonchev–Trinajstić information content (AvgIpc) is 2.34. The minimum atomic E-state index is 0.623. The molecule has 0 spiro atoms. The summed E-state index contributed by atoms with van der Waals surface area (Å²) >= 11 is 1.62. The number of nitrogens with zero attached hydrogens (tertiary/aromatic N) is 2. The van der Waals surface area contributed by atoms with Crippen LogP contribution in [0.1, 0.15) is 19.8 Å². The molecule has 0 aliphatic rings. The Morgan fingerprint density at radius 2 is 2.31 bits per heavy atom. The van der Waals surface area contributed by atoms with Crippen LogP contribution in [0, 0.1) is 5.92 Å². The van der Waals surface area contributed by atoms with Gasteiger partial charge < -0.3 is 11.1 Å². The predicted molar refractivity (Wildman–Crippen MR) is 69.8 cm³/mol. The topological polar surface area (TPSA) is 63.8 Å². The van der Waals surface area contributed by atoms with Gasteiger partial charge in [0.25, 0.3) is 0 Å². The molecule has 3 N–H and O–H groups in total. The first-order chi connectivity index (χ1) is 7.80. The highest BCUT2D eigenvalue weighted by atomic mass is 32.2. The summed E-state index contributed by atoms with van der Waals surface area (Å²) in [7, 11) is 0. The van der Waals surface area contributed by atoms with Crippen LogP contribution in [0.5, 0.6) is 0 Å². The van der Waals surface area contributed by atoms with E-state index >= 15 is 0 Å². The van der Waals surface area contributed by atoms with E-state index in [4.69, 9.17) is 5.73 Å². The summed E-state index contributed by atoms with van der Waals surface area (Å²) in [6, 6.07) is 1.97. The lowest BCUT2D eigenvalue weighted by Gasteiger charge is -2.14. The largest absolute Gasteiger partial charge is 0.370 e. The van der Waals surface area contributed by atoms with Crippen molar-refractivity contribution in [2.45, 2.75) is 24.8 Å². The molecular formula is C11H20N4S. The van der Waals surface area contributed by atoms with Crippen LogP contribution in [-0.4, -0.2) is 29.3 Å². The average molecular weight is 240 g/mol. The van der Waals surface area contributed by atoms with Crippen molar-refractivity contribution in [3.63, 3.8) is 0 Å². The fraction of sp³-hybridized carbons (Fsp3) is 0.636. The zero-order valence-electron chi connectivity index (χ0n) is 9.94. The lowest BCUT2D eigenvalue weighted by Crippen LogP contribution is -2.17. The summed E-state index contributed by atoms with van der Waals surface area (Å²) in [6.45, 7) is 3.87. The zero-order valence-corrected chi connectivity index (χ0v) is 10.8.